The Morgan fingerprint density at radius 3 is 2.29 bits per heavy atom. The second kappa shape index (κ2) is 6.79. The first kappa shape index (κ1) is 15.5. The molecule has 4 nitrogen and oxygen atoms in total. The molecule has 24 heavy (non-hydrogen) atoms. The van der Waals surface area contributed by atoms with Crippen LogP contribution in [0.2, 0.25) is 0 Å². The zero-order valence-electron chi connectivity index (χ0n) is 12.9. The van der Waals surface area contributed by atoms with Gasteiger partial charge in [-0.3, -0.25) is 9.78 Å². The number of aromatic nitrogens is 1. The van der Waals surface area contributed by atoms with E-state index in [1.54, 1.807) is 6.08 Å². The minimum absolute atomic E-state index is 0.0593. The fourth-order valence-corrected chi connectivity index (χ4v) is 2.35. The maximum absolute atomic E-state index is 11.2. The number of primary amides is 1. The van der Waals surface area contributed by atoms with Crippen LogP contribution in [0.15, 0.2) is 66.9 Å². The van der Waals surface area contributed by atoms with Gasteiger partial charge in [0.05, 0.1) is 17.5 Å². The predicted octanol–water partition coefficient (Wildman–Crippen LogP) is 3.72. The molecule has 0 saturated carbocycles. The van der Waals surface area contributed by atoms with Crippen molar-refractivity contribution in [1.82, 2.24) is 4.98 Å². The van der Waals surface area contributed by atoms with Gasteiger partial charge in [0.25, 0.3) is 5.91 Å². The van der Waals surface area contributed by atoms with Gasteiger partial charge >= 0.3 is 0 Å². The molecule has 0 bridgehead atoms. The number of nitrogens with zero attached hydrogens (tertiary/aromatic N) is 1. The molecule has 0 fully saturated rings. The number of carbonyl (C=O) groups excluding carboxylic acids is 1. The molecule has 3 aromatic rings. The Morgan fingerprint density at radius 1 is 0.958 bits per heavy atom. The van der Waals surface area contributed by atoms with Crippen LogP contribution in [0.25, 0.3) is 23.3 Å². The summed E-state index contributed by atoms with van der Waals surface area (Å²) in [5.74, 6) is -0.899. The van der Waals surface area contributed by atoms with Crippen LogP contribution in [0.5, 0.6) is 5.75 Å². The third-order valence-corrected chi connectivity index (χ3v) is 3.63. The highest BCUT2D eigenvalue weighted by molar-refractivity contribution is 5.96. The fraction of sp³-hybridized carbons (Fsp3) is 0. The maximum atomic E-state index is 11.2. The molecule has 1 amide bonds. The summed E-state index contributed by atoms with van der Waals surface area (Å²) in [7, 11) is 0. The summed E-state index contributed by atoms with van der Waals surface area (Å²) >= 11 is 0. The number of rotatable bonds is 4. The van der Waals surface area contributed by atoms with Crippen molar-refractivity contribution in [2.45, 2.75) is 0 Å². The van der Waals surface area contributed by atoms with Crippen molar-refractivity contribution >= 4 is 18.1 Å². The predicted molar refractivity (Wildman–Crippen MR) is 95.2 cm³/mol. The van der Waals surface area contributed by atoms with Crippen LogP contribution in [-0.2, 0) is 0 Å². The molecule has 0 unspecified atom stereocenters. The van der Waals surface area contributed by atoms with Gasteiger partial charge in [-0.05, 0) is 28.8 Å². The van der Waals surface area contributed by atoms with Crippen molar-refractivity contribution in [3.05, 3.63) is 83.7 Å². The number of carbonyl (C=O) groups is 1. The molecule has 2 aromatic carbocycles. The monoisotopic (exact) mass is 316 g/mol. The summed E-state index contributed by atoms with van der Waals surface area (Å²) in [5, 5.41) is 9.54. The lowest BCUT2D eigenvalue weighted by Crippen LogP contribution is -2.11. The smallest absolute Gasteiger partial charge is 0.252 e. The number of pyridine rings is 1. The van der Waals surface area contributed by atoms with Gasteiger partial charge in [-0.25, -0.2) is 0 Å². The molecular weight excluding hydrogens is 300 g/mol. The number of aromatic hydroxyl groups is 1. The second-order valence-corrected chi connectivity index (χ2v) is 5.31. The highest BCUT2D eigenvalue weighted by Gasteiger charge is 2.07. The Hall–Kier alpha value is -3.40. The van der Waals surface area contributed by atoms with Gasteiger partial charge in [-0.1, -0.05) is 60.7 Å². The standard InChI is InChI=1S/C20H16N2O2/c21-20(24)18-12-17(22-13-19(18)23)11-8-14-6-9-16(10-7-14)15-4-2-1-3-5-15/h1-13,23H,(H2,21,24). The van der Waals surface area contributed by atoms with Crippen LogP contribution in [-0.4, -0.2) is 16.0 Å². The average Bonchev–Trinajstić information content (AvgIpc) is 2.62. The number of benzene rings is 2. The molecule has 0 aliphatic rings. The Balaban J connectivity index is 1.80. The Bertz CT molecular complexity index is 885. The van der Waals surface area contributed by atoms with Gasteiger partial charge in [0.15, 0.2) is 0 Å². The van der Waals surface area contributed by atoms with Crippen molar-refractivity contribution in [3.8, 4) is 16.9 Å². The summed E-state index contributed by atoms with van der Waals surface area (Å²) in [6.07, 6.45) is 4.88. The molecule has 0 atom stereocenters. The van der Waals surface area contributed by atoms with Crippen molar-refractivity contribution < 1.29 is 9.90 Å². The highest BCUT2D eigenvalue weighted by Crippen LogP contribution is 2.20. The van der Waals surface area contributed by atoms with Crippen LogP contribution in [0.3, 0.4) is 0 Å². The Labute approximate surface area is 139 Å². The normalized spacial score (nSPS) is 10.8. The van der Waals surface area contributed by atoms with Crippen LogP contribution >= 0.6 is 0 Å². The van der Waals surface area contributed by atoms with Crippen LogP contribution in [0, 0.1) is 0 Å². The summed E-state index contributed by atoms with van der Waals surface area (Å²) in [4.78, 5) is 15.3. The zero-order valence-corrected chi connectivity index (χ0v) is 12.9. The summed E-state index contributed by atoms with van der Waals surface area (Å²) < 4.78 is 0. The van der Waals surface area contributed by atoms with E-state index in [0.717, 1.165) is 11.1 Å². The number of nitrogens with two attached hydrogens (primary N) is 1. The lowest BCUT2D eigenvalue weighted by molar-refractivity contribution is 0.0997. The molecule has 1 aromatic heterocycles. The lowest BCUT2D eigenvalue weighted by atomic mass is 10.0. The minimum atomic E-state index is -0.684. The van der Waals surface area contributed by atoms with E-state index in [1.165, 1.54) is 17.8 Å². The fourth-order valence-electron chi connectivity index (χ4n) is 2.35. The molecule has 3 rings (SSSR count). The molecule has 0 saturated heterocycles. The van der Waals surface area contributed by atoms with Crippen molar-refractivity contribution in [2.75, 3.05) is 0 Å². The third-order valence-electron chi connectivity index (χ3n) is 3.63. The van der Waals surface area contributed by atoms with Gasteiger partial charge in [-0.15, -0.1) is 0 Å². The topological polar surface area (TPSA) is 76.2 Å². The van der Waals surface area contributed by atoms with Gasteiger partial charge < -0.3 is 10.8 Å². The first-order valence-corrected chi connectivity index (χ1v) is 7.46. The number of hydrogen-bond acceptors (Lipinski definition) is 3. The molecular formula is C20H16N2O2. The average molecular weight is 316 g/mol. The molecule has 0 aliphatic carbocycles. The van der Waals surface area contributed by atoms with E-state index in [0.29, 0.717) is 5.69 Å². The van der Waals surface area contributed by atoms with Crippen LogP contribution < -0.4 is 5.73 Å². The van der Waals surface area contributed by atoms with Crippen LogP contribution in [0.1, 0.15) is 21.6 Å². The summed E-state index contributed by atoms with van der Waals surface area (Å²) in [6, 6.07) is 19.7. The lowest BCUT2D eigenvalue weighted by Gasteiger charge is -2.02. The quantitative estimate of drug-likeness (QED) is 0.770. The molecule has 118 valence electrons. The first-order valence-electron chi connectivity index (χ1n) is 7.46. The summed E-state index contributed by atoms with van der Waals surface area (Å²) in [5.41, 5.74) is 9.14. The largest absolute Gasteiger partial charge is 0.505 e. The van der Waals surface area contributed by atoms with E-state index in [9.17, 15) is 9.90 Å². The molecule has 0 spiro atoms. The number of amides is 1. The minimum Gasteiger partial charge on any atom is -0.505 e. The van der Waals surface area contributed by atoms with Crippen molar-refractivity contribution in [2.24, 2.45) is 5.73 Å². The van der Waals surface area contributed by atoms with E-state index in [4.69, 9.17) is 5.73 Å². The third kappa shape index (κ3) is 3.50. The van der Waals surface area contributed by atoms with Gasteiger partial charge in [-0.2, -0.15) is 0 Å². The molecule has 0 aliphatic heterocycles. The van der Waals surface area contributed by atoms with E-state index in [2.05, 4.69) is 17.1 Å². The Morgan fingerprint density at radius 2 is 1.62 bits per heavy atom. The Kier molecular flexibility index (Phi) is 4.38. The second-order valence-electron chi connectivity index (χ2n) is 5.31. The maximum Gasteiger partial charge on any atom is 0.252 e. The van der Waals surface area contributed by atoms with E-state index in [-0.39, 0.29) is 11.3 Å². The van der Waals surface area contributed by atoms with Gasteiger partial charge in [0.1, 0.15) is 5.75 Å². The molecule has 4 heteroatoms. The van der Waals surface area contributed by atoms with E-state index < -0.39 is 5.91 Å². The van der Waals surface area contributed by atoms with Crippen molar-refractivity contribution in [3.63, 3.8) is 0 Å². The van der Waals surface area contributed by atoms with E-state index >= 15 is 0 Å². The number of hydrogen-bond donors (Lipinski definition) is 2. The zero-order chi connectivity index (χ0) is 16.9. The molecule has 3 N–H and O–H groups in total. The molecule has 0 radical (unpaired) electrons. The summed E-state index contributed by atoms with van der Waals surface area (Å²) in [6.45, 7) is 0. The molecule has 1 heterocycles. The first-order chi connectivity index (χ1) is 11.6. The van der Waals surface area contributed by atoms with Gasteiger partial charge in [0.2, 0.25) is 0 Å². The van der Waals surface area contributed by atoms with E-state index in [1.807, 2.05) is 48.5 Å². The van der Waals surface area contributed by atoms with Crippen molar-refractivity contribution in [1.29, 1.82) is 0 Å². The van der Waals surface area contributed by atoms with Crippen LogP contribution in [0.4, 0.5) is 0 Å². The van der Waals surface area contributed by atoms with Gasteiger partial charge in [0, 0.05) is 0 Å². The highest BCUT2D eigenvalue weighted by atomic mass is 16.3. The SMILES string of the molecule is NC(=O)c1cc(C=Cc2ccc(-c3ccccc3)cc2)ncc1O.